The van der Waals surface area contributed by atoms with E-state index in [2.05, 4.69) is 4.74 Å². The highest BCUT2D eigenvalue weighted by Gasteiger charge is 2.08. The van der Waals surface area contributed by atoms with Crippen LogP contribution in [0.1, 0.15) is 20.3 Å². The fraction of sp³-hybridized carbons (Fsp3) is 0.714. The van der Waals surface area contributed by atoms with E-state index < -0.39 is 12.1 Å². The fourth-order valence-corrected chi connectivity index (χ4v) is 0.604. The highest BCUT2D eigenvalue weighted by Crippen LogP contribution is 1.93. The molecule has 0 aromatic carbocycles. The number of ketones is 1. The first-order chi connectivity index (χ1) is 5.02. The molecule has 0 aromatic heterocycles. The molecule has 0 aliphatic carbocycles. The quantitative estimate of drug-likeness (QED) is 0.583. The Labute approximate surface area is 65.2 Å². The number of rotatable bonds is 4. The molecule has 0 aliphatic heterocycles. The van der Waals surface area contributed by atoms with Crippen LogP contribution >= 0.6 is 0 Å². The minimum absolute atomic E-state index is 0.0350. The van der Waals surface area contributed by atoms with E-state index in [-0.39, 0.29) is 18.8 Å². The number of hydrogen-bond acceptors (Lipinski definition) is 4. The maximum absolute atomic E-state index is 10.4. The molecule has 0 saturated heterocycles. The summed E-state index contributed by atoms with van der Waals surface area (Å²) in [6.45, 7) is 2.52. The van der Waals surface area contributed by atoms with Gasteiger partial charge in [-0.25, -0.2) is 0 Å². The molecule has 11 heavy (non-hydrogen) atoms. The molecule has 0 spiro atoms. The van der Waals surface area contributed by atoms with Crippen molar-refractivity contribution in [3.63, 3.8) is 0 Å². The Bertz CT molecular complexity index is 153. The molecule has 0 saturated carbocycles. The Morgan fingerprint density at radius 1 is 1.45 bits per heavy atom. The molecular weight excluding hydrogens is 148 g/mol. The van der Waals surface area contributed by atoms with Crippen LogP contribution in [-0.4, -0.2) is 29.6 Å². The van der Waals surface area contributed by atoms with Crippen LogP contribution in [0.15, 0.2) is 0 Å². The zero-order chi connectivity index (χ0) is 8.85. The summed E-state index contributed by atoms with van der Waals surface area (Å²) in [5, 5.41) is 8.97. The van der Waals surface area contributed by atoms with E-state index in [1.165, 1.54) is 13.8 Å². The second kappa shape index (κ2) is 4.85. The van der Waals surface area contributed by atoms with Gasteiger partial charge in [-0.05, 0) is 6.92 Å². The number of hydrogen-bond donors (Lipinski definition) is 1. The largest absolute Gasteiger partial charge is 0.463 e. The van der Waals surface area contributed by atoms with Crippen LogP contribution in [0.3, 0.4) is 0 Å². The van der Waals surface area contributed by atoms with E-state index in [1.807, 2.05) is 0 Å². The molecule has 0 fully saturated rings. The number of aliphatic hydroxyl groups is 1. The predicted octanol–water partition coefficient (Wildman–Crippen LogP) is -0.111. The first-order valence-electron chi connectivity index (χ1n) is 3.33. The average molecular weight is 160 g/mol. The minimum atomic E-state index is -0.864. The third-order valence-electron chi connectivity index (χ3n) is 1.00. The van der Waals surface area contributed by atoms with Crippen LogP contribution in [0.4, 0.5) is 0 Å². The van der Waals surface area contributed by atoms with Crippen molar-refractivity contribution in [2.24, 2.45) is 0 Å². The van der Waals surface area contributed by atoms with E-state index in [0.717, 1.165) is 0 Å². The third-order valence-corrected chi connectivity index (χ3v) is 1.00. The number of carbonyl (C=O) groups excluding carboxylic acids is 2. The highest BCUT2D eigenvalue weighted by atomic mass is 16.5. The summed E-state index contributed by atoms with van der Waals surface area (Å²) in [5.74, 6) is -0.572. The Balaban J connectivity index is 3.44. The van der Waals surface area contributed by atoms with Gasteiger partial charge in [-0.15, -0.1) is 0 Å². The van der Waals surface area contributed by atoms with Gasteiger partial charge < -0.3 is 9.84 Å². The van der Waals surface area contributed by atoms with E-state index in [9.17, 15) is 9.59 Å². The van der Waals surface area contributed by atoms with Crippen molar-refractivity contribution in [2.45, 2.75) is 26.4 Å². The molecule has 1 atom stereocenters. The van der Waals surface area contributed by atoms with E-state index in [1.54, 1.807) is 0 Å². The normalized spacial score (nSPS) is 12.3. The van der Waals surface area contributed by atoms with Gasteiger partial charge in [0.15, 0.2) is 0 Å². The highest BCUT2D eigenvalue weighted by molar-refractivity contribution is 5.76. The molecule has 1 N–H and O–H groups in total. The van der Waals surface area contributed by atoms with Crippen molar-refractivity contribution >= 4 is 11.8 Å². The summed E-state index contributed by atoms with van der Waals surface area (Å²) in [7, 11) is 0. The number of Topliss-reactive ketones (excluding diaryl/α,β-unsaturated/α-hetero) is 1. The van der Waals surface area contributed by atoms with Crippen LogP contribution in [0, 0.1) is 0 Å². The van der Waals surface area contributed by atoms with Crippen molar-refractivity contribution in [3.8, 4) is 0 Å². The van der Waals surface area contributed by atoms with Crippen LogP contribution in [0.2, 0.25) is 0 Å². The smallest absolute Gasteiger partial charge is 0.302 e. The second-order valence-corrected chi connectivity index (χ2v) is 2.36. The van der Waals surface area contributed by atoms with Crippen molar-refractivity contribution in [2.75, 3.05) is 6.61 Å². The topological polar surface area (TPSA) is 63.6 Å². The monoisotopic (exact) mass is 160 g/mol. The van der Waals surface area contributed by atoms with Crippen LogP contribution < -0.4 is 0 Å². The average Bonchev–Trinajstić information content (AvgIpc) is 1.82. The first-order valence-corrected chi connectivity index (χ1v) is 3.33. The lowest BCUT2D eigenvalue weighted by atomic mass is 10.2. The van der Waals surface area contributed by atoms with E-state index >= 15 is 0 Å². The molecular formula is C7H12O4. The van der Waals surface area contributed by atoms with Gasteiger partial charge in [-0.2, -0.15) is 0 Å². The van der Waals surface area contributed by atoms with Gasteiger partial charge in [0, 0.05) is 13.3 Å². The Morgan fingerprint density at radius 3 is 2.36 bits per heavy atom. The Hall–Kier alpha value is -0.900. The lowest BCUT2D eigenvalue weighted by Crippen LogP contribution is -2.19. The predicted molar refractivity (Wildman–Crippen MR) is 37.9 cm³/mol. The van der Waals surface area contributed by atoms with Gasteiger partial charge in [0.05, 0.1) is 6.10 Å². The van der Waals surface area contributed by atoms with Crippen LogP contribution in [-0.2, 0) is 14.3 Å². The number of esters is 1. The molecule has 0 rings (SSSR count). The van der Waals surface area contributed by atoms with Crippen molar-refractivity contribution < 1.29 is 19.4 Å². The van der Waals surface area contributed by atoms with Gasteiger partial charge in [-0.1, -0.05) is 0 Å². The Kier molecular flexibility index (Phi) is 4.45. The molecule has 0 amide bonds. The lowest BCUT2D eigenvalue weighted by Gasteiger charge is -2.07. The molecule has 0 aliphatic rings. The molecule has 0 aromatic rings. The van der Waals surface area contributed by atoms with Gasteiger partial charge >= 0.3 is 5.97 Å². The lowest BCUT2D eigenvalue weighted by molar-refractivity contribution is -0.144. The number of carbonyl (C=O) groups is 2. The van der Waals surface area contributed by atoms with E-state index in [0.29, 0.717) is 0 Å². The minimum Gasteiger partial charge on any atom is -0.463 e. The summed E-state index contributed by atoms with van der Waals surface area (Å²) in [5.41, 5.74) is 0. The molecule has 4 heteroatoms. The summed E-state index contributed by atoms with van der Waals surface area (Å²) < 4.78 is 4.46. The Morgan fingerprint density at radius 2 is 2.00 bits per heavy atom. The zero-order valence-electron chi connectivity index (χ0n) is 6.66. The van der Waals surface area contributed by atoms with Crippen molar-refractivity contribution in [3.05, 3.63) is 0 Å². The summed E-state index contributed by atoms with van der Waals surface area (Å²) in [4.78, 5) is 20.6. The third kappa shape index (κ3) is 6.99. The SMILES string of the molecule is CC(=O)CC(O)COC(C)=O. The maximum atomic E-state index is 10.4. The van der Waals surface area contributed by atoms with Crippen molar-refractivity contribution in [1.29, 1.82) is 0 Å². The van der Waals surface area contributed by atoms with Gasteiger partial charge in [-0.3, -0.25) is 9.59 Å². The maximum Gasteiger partial charge on any atom is 0.302 e. The van der Waals surface area contributed by atoms with Crippen LogP contribution in [0.5, 0.6) is 0 Å². The molecule has 0 bridgehead atoms. The summed E-state index contributed by atoms with van der Waals surface area (Å²) >= 11 is 0. The number of ether oxygens (including phenoxy) is 1. The number of aliphatic hydroxyl groups excluding tert-OH is 1. The van der Waals surface area contributed by atoms with Gasteiger partial charge in [0.1, 0.15) is 12.4 Å². The van der Waals surface area contributed by atoms with Crippen molar-refractivity contribution in [1.82, 2.24) is 0 Å². The molecule has 1 unspecified atom stereocenters. The second-order valence-electron chi connectivity index (χ2n) is 2.36. The van der Waals surface area contributed by atoms with Crippen LogP contribution in [0.25, 0.3) is 0 Å². The first kappa shape index (κ1) is 10.1. The zero-order valence-corrected chi connectivity index (χ0v) is 6.66. The standard InChI is InChI=1S/C7H12O4/c1-5(8)3-7(10)4-11-6(2)9/h7,10H,3-4H2,1-2H3. The molecule has 4 nitrogen and oxygen atoms in total. The summed E-state index contributed by atoms with van der Waals surface area (Å²) in [6.07, 6.45) is -0.829. The van der Waals surface area contributed by atoms with Gasteiger partial charge in [0.25, 0.3) is 0 Å². The molecule has 0 radical (unpaired) electrons. The van der Waals surface area contributed by atoms with E-state index in [4.69, 9.17) is 5.11 Å². The molecule has 0 heterocycles. The van der Waals surface area contributed by atoms with Gasteiger partial charge in [0.2, 0.25) is 0 Å². The summed E-state index contributed by atoms with van der Waals surface area (Å²) in [6, 6.07) is 0. The molecule has 64 valence electrons. The fourth-order valence-electron chi connectivity index (χ4n) is 0.604.